The van der Waals surface area contributed by atoms with E-state index in [-0.39, 0.29) is 17.1 Å². The molecule has 1 atom stereocenters. The van der Waals surface area contributed by atoms with E-state index in [1.165, 1.54) is 0 Å². The lowest BCUT2D eigenvalue weighted by Gasteiger charge is -2.18. The summed E-state index contributed by atoms with van der Waals surface area (Å²) in [4.78, 5) is 27.2. The average Bonchev–Trinajstić information content (AvgIpc) is 3.39. The van der Waals surface area contributed by atoms with Crippen molar-refractivity contribution in [1.29, 1.82) is 0 Å². The van der Waals surface area contributed by atoms with Crippen molar-refractivity contribution in [1.82, 2.24) is 10.2 Å². The van der Waals surface area contributed by atoms with Gasteiger partial charge in [0.2, 0.25) is 5.91 Å². The number of nitrogens with zero attached hydrogens (tertiary/aromatic N) is 1. The SMILES string of the molecule is O=C(CSC(c1ccccc1)c1ccc(Cl)cc1)NCc1cccc(C(=O)N2CCCC2)c1. The van der Waals surface area contributed by atoms with Crippen LogP contribution in [0, 0.1) is 0 Å². The van der Waals surface area contributed by atoms with Crippen LogP contribution in [0.2, 0.25) is 5.02 Å². The second kappa shape index (κ2) is 11.4. The summed E-state index contributed by atoms with van der Waals surface area (Å²) < 4.78 is 0. The van der Waals surface area contributed by atoms with Crippen molar-refractivity contribution in [2.75, 3.05) is 18.8 Å². The fourth-order valence-electron chi connectivity index (χ4n) is 3.98. The molecular weight excluding hydrogens is 452 g/mol. The molecule has 2 amide bonds. The van der Waals surface area contributed by atoms with E-state index in [0.717, 1.165) is 42.6 Å². The molecule has 0 radical (unpaired) electrons. The van der Waals surface area contributed by atoms with Crippen LogP contribution in [0.15, 0.2) is 78.9 Å². The van der Waals surface area contributed by atoms with Crippen molar-refractivity contribution in [3.05, 3.63) is 106 Å². The molecule has 1 heterocycles. The van der Waals surface area contributed by atoms with Gasteiger partial charge in [0.15, 0.2) is 0 Å². The molecule has 0 spiro atoms. The number of halogens is 1. The molecule has 0 aliphatic carbocycles. The number of rotatable bonds is 8. The number of benzene rings is 3. The van der Waals surface area contributed by atoms with E-state index < -0.39 is 0 Å². The largest absolute Gasteiger partial charge is 0.351 e. The molecule has 1 aliphatic heterocycles. The van der Waals surface area contributed by atoms with Gasteiger partial charge in [-0.1, -0.05) is 66.2 Å². The lowest BCUT2D eigenvalue weighted by Crippen LogP contribution is -2.28. The molecule has 0 saturated carbocycles. The highest BCUT2D eigenvalue weighted by atomic mass is 35.5. The van der Waals surface area contributed by atoms with Gasteiger partial charge in [0.25, 0.3) is 5.91 Å². The number of hydrogen-bond acceptors (Lipinski definition) is 3. The smallest absolute Gasteiger partial charge is 0.253 e. The predicted molar refractivity (Wildman–Crippen MR) is 136 cm³/mol. The zero-order valence-corrected chi connectivity index (χ0v) is 19.9. The summed E-state index contributed by atoms with van der Waals surface area (Å²) >= 11 is 7.65. The summed E-state index contributed by atoms with van der Waals surface area (Å²) in [7, 11) is 0. The van der Waals surface area contributed by atoms with E-state index in [4.69, 9.17) is 11.6 Å². The van der Waals surface area contributed by atoms with Crippen LogP contribution in [0.3, 0.4) is 0 Å². The van der Waals surface area contributed by atoms with Crippen LogP contribution < -0.4 is 5.32 Å². The molecule has 0 aromatic heterocycles. The summed E-state index contributed by atoms with van der Waals surface area (Å²) in [5, 5.41) is 3.73. The summed E-state index contributed by atoms with van der Waals surface area (Å²) in [6.45, 7) is 2.05. The fraction of sp³-hybridized carbons (Fsp3) is 0.259. The summed E-state index contributed by atoms with van der Waals surface area (Å²) in [6.07, 6.45) is 2.14. The van der Waals surface area contributed by atoms with Crippen LogP contribution in [0.1, 0.15) is 45.1 Å². The Morgan fingerprint density at radius 2 is 1.61 bits per heavy atom. The molecule has 0 bridgehead atoms. The number of carbonyl (C=O) groups excluding carboxylic acids is 2. The van der Waals surface area contributed by atoms with Crippen molar-refractivity contribution in [3.8, 4) is 0 Å². The maximum Gasteiger partial charge on any atom is 0.253 e. The molecule has 4 nitrogen and oxygen atoms in total. The highest BCUT2D eigenvalue weighted by molar-refractivity contribution is 8.00. The molecule has 1 fully saturated rings. The van der Waals surface area contributed by atoms with Gasteiger partial charge >= 0.3 is 0 Å². The van der Waals surface area contributed by atoms with E-state index in [1.807, 2.05) is 71.6 Å². The monoisotopic (exact) mass is 478 g/mol. The Kier molecular flexibility index (Phi) is 8.08. The standard InChI is InChI=1S/C27H27ClN2O2S/c28-24-13-11-22(12-14-24)26(21-8-2-1-3-9-21)33-19-25(31)29-18-20-7-6-10-23(17-20)27(32)30-15-4-5-16-30/h1-3,6-14,17,26H,4-5,15-16,18-19H2,(H,29,31). The van der Waals surface area contributed by atoms with Gasteiger partial charge in [0.1, 0.15) is 0 Å². The molecule has 4 rings (SSSR count). The number of hydrogen-bond donors (Lipinski definition) is 1. The molecule has 3 aromatic rings. The molecule has 1 N–H and O–H groups in total. The molecule has 1 aliphatic rings. The van der Waals surface area contributed by atoms with Crippen LogP contribution in [-0.4, -0.2) is 35.6 Å². The Hall–Kier alpha value is -2.76. The quantitative estimate of drug-likeness (QED) is 0.450. The van der Waals surface area contributed by atoms with Gasteiger partial charge in [-0.25, -0.2) is 0 Å². The van der Waals surface area contributed by atoms with Gasteiger partial charge in [-0.05, 0) is 53.8 Å². The molecule has 1 unspecified atom stereocenters. The number of thioether (sulfide) groups is 1. The van der Waals surface area contributed by atoms with Gasteiger partial charge < -0.3 is 10.2 Å². The first-order valence-electron chi connectivity index (χ1n) is 11.2. The summed E-state index contributed by atoms with van der Waals surface area (Å²) in [5.41, 5.74) is 3.86. The van der Waals surface area contributed by atoms with Crippen LogP contribution in [0.4, 0.5) is 0 Å². The minimum absolute atomic E-state index is 0.0360. The topological polar surface area (TPSA) is 49.4 Å². The third-order valence-electron chi connectivity index (χ3n) is 5.71. The van der Waals surface area contributed by atoms with E-state index in [1.54, 1.807) is 11.8 Å². The van der Waals surface area contributed by atoms with Crippen molar-refractivity contribution >= 4 is 35.2 Å². The lowest BCUT2D eigenvalue weighted by molar-refractivity contribution is -0.118. The first-order chi connectivity index (χ1) is 16.1. The fourth-order valence-corrected chi connectivity index (χ4v) is 5.22. The van der Waals surface area contributed by atoms with Crippen molar-refractivity contribution in [2.45, 2.75) is 24.6 Å². The molecule has 6 heteroatoms. The third kappa shape index (κ3) is 6.40. The Morgan fingerprint density at radius 1 is 0.909 bits per heavy atom. The number of carbonyl (C=O) groups is 2. The van der Waals surface area contributed by atoms with Gasteiger partial charge in [0, 0.05) is 30.2 Å². The molecule has 170 valence electrons. The predicted octanol–water partition coefficient (Wildman–Crippen LogP) is 5.72. The van der Waals surface area contributed by atoms with Gasteiger partial charge in [-0.3, -0.25) is 9.59 Å². The average molecular weight is 479 g/mol. The first kappa shape index (κ1) is 23.4. The second-order valence-electron chi connectivity index (χ2n) is 8.13. The van der Waals surface area contributed by atoms with Crippen LogP contribution >= 0.6 is 23.4 Å². The van der Waals surface area contributed by atoms with E-state index in [2.05, 4.69) is 17.4 Å². The van der Waals surface area contributed by atoms with Crippen molar-refractivity contribution in [3.63, 3.8) is 0 Å². The van der Waals surface area contributed by atoms with Crippen LogP contribution in [0.25, 0.3) is 0 Å². The molecule has 33 heavy (non-hydrogen) atoms. The molecule has 1 saturated heterocycles. The zero-order chi connectivity index (χ0) is 23.0. The summed E-state index contributed by atoms with van der Waals surface area (Å²) in [5.74, 6) is 0.366. The van der Waals surface area contributed by atoms with Crippen LogP contribution in [0.5, 0.6) is 0 Å². The van der Waals surface area contributed by atoms with E-state index in [9.17, 15) is 9.59 Å². The number of nitrogens with one attached hydrogen (secondary N) is 1. The Bertz CT molecular complexity index is 1080. The lowest BCUT2D eigenvalue weighted by atomic mass is 10.0. The van der Waals surface area contributed by atoms with Crippen molar-refractivity contribution in [2.24, 2.45) is 0 Å². The maximum atomic E-state index is 12.6. The normalized spacial score (nSPS) is 14.2. The van der Waals surface area contributed by atoms with E-state index >= 15 is 0 Å². The van der Waals surface area contributed by atoms with Gasteiger partial charge in [0.05, 0.1) is 11.0 Å². The minimum Gasteiger partial charge on any atom is -0.351 e. The maximum absolute atomic E-state index is 12.6. The van der Waals surface area contributed by atoms with Gasteiger partial charge in [-0.2, -0.15) is 0 Å². The molecule has 3 aromatic carbocycles. The highest BCUT2D eigenvalue weighted by Gasteiger charge is 2.20. The highest BCUT2D eigenvalue weighted by Crippen LogP contribution is 2.35. The Morgan fingerprint density at radius 3 is 2.33 bits per heavy atom. The van der Waals surface area contributed by atoms with Crippen molar-refractivity contribution < 1.29 is 9.59 Å². The summed E-state index contributed by atoms with van der Waals surface area (Å²) in [6, 6.07) is 25.5. The van der Waals surface area contributed by atoms with E-state index in [0.29, 0.717) is 22.9 Å². The Balaban J connectivity index is 1.35. The Labute approximate surface area is 204 Å². The second-order valence-corrected chi connectivity index (χ2v) is 9.66. The number of amides is 2. The third-order valence-corrected chi connectivity index (χ3v) is 7.27. The zero-order valence-electron chi connectivity index (χ0n) is 18.4. The minimum atomic E-state index is -0.0360. The van der Waals surface area contributed by atoms with Crippen LogP contribution in [-0.2, 0) is 11.3 Å². The van der Waals surface area contributed by atoms with Gasteiger partial charge in [-0.15, -0.1) is 11.8 Å². The molecular formula is C27H27ClN2O2S. The number of likely N-dealkylation sites (tertiary alicyclic amines) is 1. The first-order valence-corrected chi connectivity index (χ1v) is 12.6.